The molecule has 1 aromatic rings. The number of hydrogen-bond acceptors (Lipinski definition) is 2. The monoisotopic (exact) mass is 203 g/mol. The lowest BCUT2D eigenvalue weighted by Crippen LogP contribution is -2.37. The van der Waals surface area contributed by atoms with Gasteiger partial charge in [-0.3, -0.25) is 0 Å². The number of nitrogens with zero attached hydrogens (tertiary/aromatic N) is 2. The fraction of sp³-hybridized carbons (Fsp3) is 0.417. The number of nitroso groups, excluding NO2 is 1. The predicted molar refractivity (Wildman–Crippen MR) is 58.8 cm³/mol. The van der Waals surface area contributed by atoms with Crippen LogP contribution in [0.5, 0.6) is 0 Å². The van der Waals surface area contributed by atoms with Gasteiger partial charge in [0.2, 0.25) is 5.69 Å². The van der Waals surface area contributed by atoms with Crippen LogP contribution in [-0.2, 0) is 13.1 Å². The Hall–Kier alpha value is -1.69. The Morgan fingerprint density at radius 2 is 2.27 bits per heavy atom. The van der Waals surface area contributed by atoms with Gasteiger partial charge in [0.15, 0.2) is 12.7 Å². The molecule has 0 aliphatic heterocycles. The van der Waals surface area contributed by atoms with Crippen LogP contribution >= 0.6 is 0 Å². The topological polar surface area (TPSA) is 33.3 Å². The summed E-state index contributed by atoms with van der Waals surface area (Å²) in [6.07, 6.45) is 10.0. The van der Waals surface area contributed by atoms with E-state index in [1.54, 1.807) is 0 Å². The van der Waals surface area contributed by atoms with Gasteiger partial charge >= 0.3 is 0 Å². The van der Waals surface area contributed by atoms with Crippen LogP contribution in [0.2, 0.25) is 0 Å². The second-order valence-electron chi connectivity index (χ2n) is 3.33. The van der Waals surface area contributed by atoms with Gasteiger partial charge in [-0.25, -0.2) is 4.57 Å². The lowest BCUT2D eigenvalue weighted by atomic mass is 10.2. The summed E-state index contributed by atoms with van der Waals surface area (Å²) in [5, 5.41) is 2.91. The fourth-order valence-corrected chi connectivity index (χ4v) is 1.45. The maximum atomic E-state index is 10.2. The van der Waals surface area contributed by atoms with Crippen LogP contribution < -0.4 is 4.57 Å². The molecular formula is C12H15N2O+. The van der Waals surface area contributed by atoms with E-state index >= 15 is 0 Å². The molecule has 0 radical (unpaired) electrons. The van der Waals surface area contributed by atoms with E-state index in [1.165, 1.54) is 0 Å². The summed E-state index contributed by atoms with van der Waals surface area (Å²) in [4.78, 5) is 10.2. The van der Waals surface area contributed by atoms with Crippen molar-refractivity contribution in [3.05, 3.63) is 35.0 Å². The van der Waals surface area contributed by atoms with E-state index in [-0.39, 0.29) is 6.54 Å². The van der Waals surface area contributed by atoms with Gasteiger partial charge in [0, 0.05) is 25.0 Å². The lowest BCUT2D eigenvalue weighted by molar-refractivity contribution is -0.704. The lowest BCUT2D eigenvalue weighted by Gasteiger charge is -1.99. The van der Waals surface area contributed by atoms with Gasteiger partial charge in [0.05, 0.1) is 0 Å². The number of hydrogen-bond donors (Lipinski definition) is 0. The molecule has 3 heteroatoms. The highest BCUT2D eigenvalue weighted by molar-refractivity contribution is 4.96. The summed E-state index contributed by atoms with van der Waals surface area (Å²) in [7, 11) is 0. The Morgan fingerprint density at radius 3 is 3.00 bits per heavy atom. The number of unbranched alkanes of at least 4 members (excludes halogenated alkanes) is 2. The Bertz CT molecular complexity index is 355. The van der Waals surface area contributed by atoms with Crippen LogP contribution in [0, 0.1) is 17.3 Å². The third kappa shape index (κ3) is 3.90. The summed E-state index contributed by atoms with van der Waals surface area (Å²) in [5.74, 6) is 2.62. The highest BCUT2D eigenvalue weighted by Crippen LogP contribution is 1.97. The van der Waals surface area contributed by atoms with Gasteiger partial charge in [-0.05, 0) is 6.42 Å². The smallest absolute Gasteiger partial charge is 0.201 e. The molecule has 1 heterocycles. The SMILES string of the molecule is C#CCCCC[n+]1ccccc1CN=O. The number of terminal acetylenes is 1. The van der Waals surface area contributed by atoms with Gasteiger partial charge in [-0.15, -0.1) is 12.3 Å². The van der Waals surface area contributed by atoms with Gasteiger partial charge in [-0.2, -0.15) is 4.91 Å². The van der Waals surface area contributed by atoms with Crippen molar-refractivity contribution < 1.29 is 4.57 Å². The Labute approximate surface area is 90.1 Å². The van der Waals surface area contributed by atoms with Crippen molar-refractivity contribution in [3.8, 4) is 12.3 Å². The number of aryl methyl sites for hydroxylation is 1. The van der Waals surface area contributed by atoms with Crippen LogP contribution in [0.1, 0.15) is 25.0 Å². The summed E-state index contributed by atoms with van der Waals surface area (Å²) in [5.41, 5.74) is 0.952. The predicted octanol–water partition coefficient (Wildman–Crippen LogP) is 2.04. The van der Waals surface area contributed by atoms with Crippen molar-refractivity contribution in [1.29, 1.82) is 0 Å². The van der Waals surface area contributed by atoms with Crippen molar-refractivity contribution in [2.75, 3.05) is 0 Å². The van der Waals surface area contributed by atoms with Crippen LogP contribution in [0.4, 0.5) is 0 Å². The molecule has 0 saturated carbocycles. The molecule has 0 spiro atoms. The molecule has 0 saturated heterocycles. The zero-order valence-corrected chi connectivity index (χ0v) is 8.72. The van der Waals surface area contributed by atoms with Crippen molar-refractivity contribution in [1.82, 2.24) is 0 Å². The minimum absolute atomic E-state index is 0.232. The van der Waals surface area contributed by atoms with E-state index in [9.17, 15) is 4.91 Å². The molecular weight excluding hydrogens is 188 g/mol. The van der Waals surface area contributed by atoms with Crippen LogP contribution in [0.15, 0.2) is 29.6 Å². The second kappa shape index (κ2) is 6.72. The van der Waals surface area contributed by atoms with E-state index in [1.807, 2.05) is 24.4 Å². The van der Waals surface area contributed by atoms with E-state index in [2.05, 4.69) is 15.7 Å². The summed E-state index contributed by atoms with van der Waals surface area (Å²) < 4.78 is 2.05. The first-order valence-corrected chi connectivity index (χ1v) is 5.08. The van der Waals surface area contributed by atoms with Gasteiger partial charge in [-0.1, -0.05) is 11.2 Å². The van der Waals surface area contributed by atoms with E-state index < -0.39 is 0 Å². The summed E-state index contributed by atoms with van der Waals surface area (Å²) in [6.45, 7) is 1.13. The molecule has 1 rings (SSSR count). The maximum absolute atomic E-state index is 10.2. The summed E-state index contributed by atoms with van der Waals surface area (Å²) in [6, 6.07) is 5.79. The highest BCUT2D eigenvalue weighted by atomic mass is 16.3. The normalized spacial score (nSPS) is 9.53. The van der Waals surface area contributed by atoms with Gasteiger partial charge < -0.3 is 0 Å². The quantitative estimate of drug-likeness (QED) is 0.301. The first-order valence-electron chi connectivity index (χ1n) is 5.08. The van der Waals surface area contributed by atoms with Crippen LogP contribution in [-0.4, -0.2) is 0 Å². The molecule has 3 nitrogen and oxygen atoms in total. The van der Waals surface area contributed by atoms with Crippen molar-refractivity contribution in [2.45, 2.75) is 32.4 Å². The van der Waals surface area contributed by atoms with Crippen LogP contribution in [0.25, 0.3) is 0 Å². The summed E-state index contributed by atoms with van der Waals surface area (Å²) >= 11 is 0. The minimum Gasteiger partial charge on any atom is -0.201 e. The number of aromatic nitrogens is 1. The molecule has 78 valence electrons. The molecule has 1 aromatic heterocycles. The molecule has 0 unspecified atom stereocenters. The Morgan fingerprint density at radius 1 is 1.40 bits per heavy atom. The largest absolute Gasteiger partial charge is 0.206 e. The average molecular weight is 203 g/mol. The maximum Gasteiger partial charge on any atom is 0.206 e. The third-order valence-electron chi connectivity index (χ3n) is 2.23. The fourth-order valence-electron chi connectivity index (χ4n) is 1.45. The first-order chi connectivity index (χ1) is 7.38. The molecule has 0 amide bonds. The van der Waals surface area contributed by atoms with E-state index in [0.29, 0.717) is 0 Å². The average Bonchev–Trinajstić information content (AvgIpc) is 2.27. The van der Waals surface area contributed by atoms with Crippen LogP contribution in [0.3, 0.4) is 0 Å². The highest BCUT2D eigenvalue weighted by Gasteiger charge is 2.08. The molecule has 0 aliphatic rings. The zero-order valence-electron chi connectivity index (χ0n) is 8.72. The molecule has 0 bridgehead atoms. The first kappa shape index (κ1) is 11.4. The number of rotatable bonds is 6. The third-order valence-corrected chi connectivity index (χ3v) is 2.23. The second-order valence-corrected chi connectivity index (χ2v) is 3.33. The van der Waals surface area contributed by atoms with Gasteiger partial charge in [0.25, 0.3) is 0 Å². The molecule has 0 aromatic carbocycles. The number of pyridine rings is 1. The molecule has 0 N–H and O–H groups in total. The Kier molecular flexibility index (Phi) is 5.10. The molecule has 0 fully saturated rings. The Balaban J connectivity index is 2.52. The molecule has 15 heavy (non-hydrogen) atoms. The van der Waals surface area contributed by atoms with Crippen molar-refractivity contribution in [3.63, 3.8) is 0 Å². The van der Waals surface area contributed by atoms with Crippen molar-refractivity contribution in [2.24, 2.45) is 5.18 Å². The zero-order chi connectivity index (χ0) is 10.9. The van der Waals surface area contributed by atoms with E-state index in [4.69, 9.17) is 6.42 Å². The van der Waals surface area contributed by atoms with Gasteiger partial charge in [0.1, 0.15) is 6.54 Å². The minimum atomic E-state index is 0.232. The molecule has 0 aliphatic carbocycles. The standard InChI is InChI=1S/C12H15N2O/c1-2-3-4-6-9-14-10-7-5-8-12(14)11-13-15/h1,5,7-8,10H,3-4,6,9,11H2/q+1. The van der Waals surface area contributed by atoms with Crippen molar-refractivity contribution >= 4 is 0 Å². The van der Waals surface area contributed by atoms with E-state index in [0.717, 1.165) is 31.5 Å². The molecule has 0 atom stereocenters.